The summed E-state index contributed by atoms with van der Waals surface area (Å²) >= 11 is 6.23. The van der Waals surface area contributed by atoms with Gasteiger partial charge in [0, 0.05) is 32.5 Å². The molecule has 1 aromatic carbocycles. The van der Waals surface area contributed by atoms with E-state index >= 15 is 0 Å². The Hall–Kier alpha value is -2.76. The molecule has 1 atom stereocenters. The Bertz CT molecular complexity index is 1220. The molecule has 2 aromatic heterocycles. The number of nitrogens with one attached hydrogen (secondary N) is 1. The van der Waals surface area contributed by atoms with Crippen LogP contribution < -0.4 is 5.32 Å². The number of hydrogen-bond acceptors (Lipinski definition) is 5. The summed E-state index contributed by atoms with van der Waals surface area (Å²) in [6, 6.07) is 6.00. The number of sulfonamides is 1. The third-order valence-electron chi connectivity index (χ3n) is 5.29. The molecule has 0 unspecified atom stereocenters. The first-order valence-electron chi connectivity index (χ1n) is 9.99. The first kappa shape index (κ1) is 22.4. The van der Waals surface area contributed by atoms with E-state index in [2.05, 4.69) is 15.5 Å². The number of halogens is 2. The summed E-state index contributed by atoms with van der Waals surface area (Å²) in [6.45, 7) is 0.765. The standard InChI is InChI=1S/C20H22ClFN6O3S/c1-26-12-17(9-23-26)32(30,31)28-8-2-3-15(11-28)20(29)24-19-18(21)13-27(25-19)10-14-4-6-16(22)7-5-14/h4-7,9,12-13,15H,2-3,8,10-11H2,1H3,(H,24,25,29)/t15-/m1/s1. The second-order valence-corrected chi connectivity index (χ2v) is 10.0. The van der Waals surface area contributed by atoms with E-state index in [9.17, 15) is 17.6 Å². The van der Waals surface area contributed by atoms with Gasteiger partial charge in [-0.2, -0.15) is 14.5 Å². The Morgan fingerprint density at radius 3 is 2.72 bits per heavy atom. The number of carbonyl (C=O) groups excluding carboxylic acids is 1. The monoisotopic (exact) mass is 480 g/mol. The highest BCUT2D eigenvalue weighted by molar-refractivity contribution is 7.89. The molecule has 3 heterocycles. The molecule has 0 radical (unpaired) electrons. The number of aryl methyl sites for hydroxylation is 1. The highest BCUT2D eigenvalue weighted by Crippen LogP contribution is 2.26. The highest BCUT2D eigenvalue weighted by atomic mass is 35.5. The SMILES string of the molecule is Cn1cc(S(=O)(=O)N2CCC[C@@H](C(=O)Nc3nn(Cc4ccc(F)cc4)cc3Cl)C2)cn1. The van der Waals surface area contributed by atoms with E-state index < -0.39 is 15.9 Å². The second-order valence-electron chi connectivity index (χ2n) is 7.69. The lowest BCUT2D eigenvalue weighted by molar-refractivity contribution is -0.120. The minimum absolute atomic E-state index is 0.0664. The predicted molar refractivity (Wildman–Crippen MR) is 116 cm³/mol. The molecule has 32 heavy (non-hydrogen) atoms. The Morgan fingerprint density at radius 2 is 2.03 bits per heavy atom. The fraction of sp³-hybridized carbons (Fsp3) is 0.350. The molecule has 1 fully saturated rings. The average Bonchev–Trinajstić information content (AvgIpc) is 3.35. The van der Waals surface area contributed by atoms with Gasteiger partial charge in [-0.05, 0) is 30.5 Å². The molecular formula is C20H22ClFN6O3S. The van der Waals surface area contributed by atoms with Gasteiger partial charge in [-0.15, -0.1) is 0 Å². The van der Waals surface area contributed by atoms with Gasteiger partial charge in [0.2, 0.25) is 15.9 Å². The van der Waals surface area contributed by atoms with Crippen LogP contribution in [0, 0.1) is 11.7 Å². The highest BCUT2D eigenvalue weighted by Gasteiger charge is 2.34. The van der Waals surface area contributed by atoms with Gasteiger partial charge >= 0.3 is 0 Å². The van der Waals surface area contributed by atoms with Crippen molar-refractivity contribution in [2.45, 2.75) is 24.3 Å². The molecule has 1 saturated heterocycles. The summed E-state index contributed by atoms with van der Waals surface area (Å²) < 4.78 is 43.1. The summed E-state index contributed by atoms with van der Waals surface area (Å²) in [5, 5.41) is 11.2. The normalized spacial score (nSPS) is 17.4. The molecule has 0 spiro atoms. The summed E-state index contributed by atoms with van der Waals surface area (Å²) in [5.41, 5.74) is 0.826. The number of hydrogen-bond donors (Lipinski definition) is 1. The molecular weight excluding hydrogens is 459 g/mol. The van der Waals surface area contributed by atoms with Crippen molar-refractivity contribution in [3.63, 3.8) is 0 Å². The third-order valence-corrected chi connectivity index (χ3v) is 7.38. The van der Waals surface area contributed by atoms with E-state index in [1.807, 2.05) is 0 Å². The summed E-state index contributed by atoms with van der Waals surface area (Å²) in [7, 11) is -2.08. The van der Waals surface area contributed by atoms with E-state index in [1.54, 1.807) is 30.1 Å². The summed E-state index contributed by atoms with van der Waals surface area (Å²) in [5.74, 6) is -1.00. The fourth-order valence-electron chi connectivity index (χ4n) is 3.61. The van der Waals surface area contributed by atoms with Crippen LogP contribution in [0.1, 0.15) is 18.4 Å². The molecule has 0 saturated carbocycles. The summed E-state index contributed by atoms with van der Waals surface area (Å²) in [4.78, 5) is 12.9. The Kier molecular flexibility index (Phi) is 6.31. The molecule has 4 rings (SSSR count). The molecule has 0 bridgehead atoms. The van der Waals surface area contributed by atoms with Crippen LogP contribution in [0.3, 0.4) is 0 Å². The number of benzene rings is 1. The zero-order chi connectivity index (χ0) is 22.9. The molecule has 12 heteroatoms. The van der Waals surface area contributed by atoms with Gasteiger partial charge in [0.15, 0.2) is 5.82 Å². The van der Waals surface area contributed by atoms with Crippen molar-refractivity contribution < 1.29 is 17.6 Å². The Labute approximate surface area is 189 Å². The number of aromatic nitrogens is 4. The van der Waals surface area contributed by atoms with Crippen molar-refractivity contribution in [1.29, 1.82) is 0 Å². The predicted octanol–water partition coefficient (Wildman–Crippen LogP) is 2.50. The smallest absolute Gasteiger partial charge is 0.246 e. The minimum Gasteiger partial charge on any atom is -0.308 e. The van der Waals surface area contributed by atoms with Gasteiger partial charge < -0.3 is 5.32 Å². The lowest BCUT2D eigenvalue weighted by Gasteiger charge is -2.30. The number of anilines is 1. The molecule has 1 aliphatic heterocycles. The maximum atomic E-state index is 13.1. The van der Waals surface area contributed by atoms with Crippen molar-refractivity contribution >= 4 is 33.3 Å². The van der Waals surface area contributed by atoms with Gasteiger partial charge in [0.1, 0.15) is 15.7 Å². The van der Waals surface area contributed by atoms with Gasteiger partial charge in [0.05, 0.1) is 18.7 Å². The van der Waals surface area contributed by atoms with Crippen molar-refractivity contribution in [3.05, 3.63) is 59.3 Å². The summed E-state index contributed by atoms with van der Waals surface area (Å²) in [6.07, 6.45) is 5.42. The average molecular weight is 481 g/mol. The number of rotatable bonds is 6. The molecule has 1 aliphatic rings. The van der Waals surface area contributed by atoms with Gasteiger partial charge in [-0.3, -0.25) is 14.2 Å². The van der Waals surface area contributed by atoms with Crippen LogP contribution in [-0.2, 0) is 28.4 Å². The quantitative estimate of drug-likeness (QED) is 0.584. The number of nitrogens with zero attached hydrogens (tertiary/aromatic N) is 5. The van der Waals surface area contributed by atoms with E-state index in [0.29, 0.717) is 25.9 Å². The van der Waals surface area contributed by atoms with Crippen LogP contribution in [0.25, 0.3) is 0 Å². The van der Waals surface area contributed by atoms with Gasteiger partial charge in [-0.1, -0.05) is 23.7 Å². The maximum absolute atomic E-state index is 13.1. The molecule has 3 aromatic rings. The lowest BCUT2D eigenvalue weighted by atomic mass is 9.99. The number of amides is 1. The zero-order valence-corrected chi connectivity index (χ0v) is 18.9. The Morgan fingerprint density at radius 1 is 1.28 bits per heavy atom. The van der Waals surface area contributed by atoms with Crippen molar-refractivity contribution in [2.75, 3.05) is 18.4 Å². The molecule has 1 N–H and O–H groups in total. The lowest BCUT2D eigenvalue weighted by Crippen LogP contribution is -2.43. The first-order chi connectivity index (χ1) is 15.2. The van der Waals surface area contributed by atoms with E-state index in [4.69, 9.17) is 11.6 Å². The van der Waals surface area contributed by atoms with Crippen molar-refractivity contribution in [2.24, 2.45) is 13.0 Å². The third kappa shape index (κ3) is 4.84. The minimum atomic E-state index is -3.72. The maximum Gasteiger partial charge on any atom is 0.246 e. The number of piperidine rings is 1. The largest absolute Gasteiger partial charge is 0.308 e. The molecule has 170 valence electrons. The van der Waals surface area contributed by atoms with Crippen LogP contribution in [0.2, 0.25) is 5.02 Å². The van der Waals surface area contributed by atoms with Crippen molar-refractivity contribution in [1.82, 2.24) is 23.9 Å². The van der Waals surface area contributed by atoms with Crippen LogP contribution in [0.5, 0.6) is 0 Å². The molecule has 1 amide bonds. The fourth-order valence-corrected chi connectivity index (χ4v) is 5.32. The van der Waals surface area contributed by atoms with Crippen LogP contribution in [-0.4, -0.2) is 51.3 Å². The second kappa shape index (κ2) is 9.00. The van der Waals surface area contributed by atoms with E-state index in [-0.39, 0.29) is 34.0 Å². The molecule has 9 nitrogen and oxygen atoms in total. The zero-order valence-electron chi connectivity index (χ0n) is 17.3. The van der Waals surface area contributed by atoms with E-state index in [1.165, 1.54) is 33.5 Å². The van der Waals surface area contributed by atoms with Gasteiger partial charge in [0.25, 0.3) is 0 Å². The van der Waals surface area contributed by atoms with Gasteiger partial charge in [-0.25, -0.2) is 12.8 Å². The molecule has 0 aliphatic carbocycles. The van der Waals surface area contributed by atoms with Crippen molar-refractivity contribution in [3.8, 4) is 0 Å². The van der Waals surface area contributed by atoms with E-state index in [0.717, 1.165) is 5.56 Å². The number of carbonyl (C=O) groups is 1. The Balaban J connectivity index is 1.42. The van der Waals surface area contributed by atoms with Crippen LogP contribution in [0.4, 0.5) is 10.2 Å². The first-order valence-corrected chi connectivity index (χ1v) is 11.8. The van der Waals surface area contributed by atoms with Crippen LogP contribution in [0.15, 0.2) is 47.8 Å². The topological polar surface area (TPSA) is 102 Å². The van der Waals surface area contributed by atoms with Crippen LogP contribution >= 0.6 is 11.6 Å².